The first-order valence-electron chi connectivity index (χ1n) is 12.4. The molecule has 0 aliphatic carbocycles. The molecule has 0 spiro atoms. The molecular formula is C30H40N3O+. The van der Waals surface area contributed by atoms with Gasteiger partial charge in [-0.3, -0.25) is 0 Å². The highest BCUT2D eigenvalue weighted by Crippen LogP contribution is 2.42. The minimum absolute atomic E-state index is 0.455. The summed E-state index contributed by atoms with van der Waals surface area (Å²) < 4.78 is 4.28. The van der Waals surface area contributed by atoms with Crippen molar-refractivity contribution in [2.24, 2.45) is 5.41 Å². The Hall–Kier alpha value is -2.72. The highest BCUT2D eigenvalue weighted by Gasteiger charge is 2.51. The molecule has 0 bridgehead atoms. The van der Waals surface area contributed by atoms with E-state index in [1.54, 1.807) is 0 Å². The minimum Gasteiger partial charge on any atom is -0.374 e. The van der Waals surface area contributed by atoms with E-state index in [0.29, 0.717) is 0 Å². The first-order valence-corrected chi connectivity index (χ1v) is 12.4. The highest BCUT2D eigenvalue weighted by molar-refractivity contribution is 5.60. The van der Waals surface area contributed by atoms with Crippen molar-refractivity contribution in [3.05, 3.63) is 80.9 Å². The topological polar surface area (TPSA) is 41.9 Å². The molecule has 0 amide bonds. The summed E-state index contributed by atoms with van der Waals surface area (Å²) in [4.78, 5) is 0. The summed E-state index contributed by atoms with van der Waals surface area (Å²) in [5.41, 5.74) is 7.85. The van der Waals surface area contributed by atoms with Crippen LogP contribution in [0.15, 0.2) is 30.3 Å². The summed E-state index contributed by atoms with van der Waals surface area (Å²) >= 11 is 0. The fourth-order valence-corrected chi connectivity index (χ4v) is 5.62. The number of hydrogen-bond acceptors (Lipinski definition) is 2. The van der Waals surface area contributed by atoms with E-state index in [9.17, 15) is 5.11 Å². The molecule has 2 aromatic carbocycles. The Kier molecular flexibility index (Phi) is 6.10. The lowest BCUT2D eigenvalue weighted by Gasteiger charge is -2.36. The average Bonchev–Trinajstić information content (AvgIpc) is 3.26. The molecule has 1 atom stereocenters. The molecular weight excluding hydrogens is 418 g/mol. The van der Waals surface area contributed by atoms with Crippen molar-refractivity contribution in [3.63, 3.8) is 0 Å². The smallest absolute Gasteiger partial charge is 0.278 e. The van der Waals surface area contributed by atoms with Crippen LogP contribution in [-0.2, 0) is 18.6 Å². The lowest BCUT2D eigenvalue weighted by molar-refractivity contribution is -0.705. The minimum atomic E-state index is -1.23. The maximum atomic E-state index is 12.6. The number of hydrogen-bond donors (Lipinski definition) is 1. The van der Waals surface area contributed by atoms with Crippen LogP contribution in [0.5, 0.6) is 0 Å². The van der Waals surface area contributed by atoms with Crippen LogP contribution in [0.4, 0.5) is 0 Å². The van der Waals surface area contributed by atoms with E-state index in [4.69, 9.17) is 5.10 Å². The normalized spacial score (nSPS) is 15.7. The number of aliphatic hydroxyl groups is 1. The highest BCUT2D eigenvalue weighted by atomic mass is 16.3. The van der Waals surface area contributed by atoms with Crippen molar-refractivity contribution in [1.29, 1.82) is 0 Å². The maximum Gasteiger partial charge on any atom is 0.278 e. The molecule has 4 nitrogen and oxygen atoms in total. The predicted octanol–water partition coefficient (Wildman–Crippen LogP) is 5.90. The van der Waals surface area contributed by atoms with Gasteiger partial charge in [0, 0.05) is 16.9 Å². The number of nitrogens with zero attached hydrogens (tertiary/aromatic N) is 3. The fraction of sp³-hybridized carbons (Fsp3) is 0.467. The summed E-state index contributed by atoms with van der Waals surface area (Å²) in [6, 6.07) is 8.82. The molecule has 180 valence electrons. The Morgan fingerprint density at radius 2 is 1.41 bits per heavy atom. The van der Waals surface area contributed by atoms with Crippen molar-refractivity contribution < 1.29 is 9.67 Å². The van der Waals surface area contributed by atoms with Gasteiger partial charge in [0.25, 0.3) is 11.6 Å². The van der Waals surface area contributed by atoms with E-state index < -0.39 is 11.0 Å². The molecule has 1 aromatic heterocycles. The van der Waals surface area contributed by atoms with Gasteiger partial charge in [-0.05, 0) is 81.9 Å². The summed E-state index contributed by atoms with van der Waals surface area (Å²) in [5, 5.41) is 17.7. The molecule has 4 heteroatoms. The van der Waals surface area contributed by atoms with Crippen LogP contribution in [0.1, 0.15) is 77.8 Å². The zero-order valence-corrected chi connectivity index (χ0v) is 22.4. The molecule has 1 aliphatic rings. The lowest BCUT2D eigenvalue weighted by atomic mass is 9.74. The second-order valence-corrected chi connectivity index (χ2v) is 11.3. The standard InChI is InChI=1S/C30H40N3O/c1-19-15-21(3)25(22(4)16-19)12-13-30(34,29(7,8)9)28-32-14-10-11-26(32)31-33(28)27-23(5)17-20(2)18-24(27)6/h12-13,15-18,34H,10-11,14H2,1-9H3/q+1/b13-12+. The molecule has 4 rings (SSSR count). The Labute approximate surface area is 205 Å². The molecule has 2 heterocycles. The van der Waals surface area contributed by atoms with E-state index in [-0.39, 0.29) is 0 Å². The second-order valence-electron chi connectivity index (χ2n) is 11.3. The van der Waals surface area contributed by atoms with Gasteiger partial charge >= 0.3 is 0 Å². The SMILES string of the molecule is Cc1cc(C)c(/C=C/C(O)(c2n(-c3c(C)cc(C)cc3C)nc3[n+]2CCC3)C(C)(C)C)c(C)c1. The van der Waals surface area contributed by atoms with Crippen molar-refractivity contribution in [2.45, 2.75) is 87.3 Å². The molecule has 1 N–H and O–H groups in total. The van der Waals surface area contributed by atoms with Gasteiger partial charge in [-0.2, -0.15) is 0 Å². The Balaban J connectivity index is 1.99. The third kappa shape index (κ3) is 4.02. The van der Waals surface area contributed by atoms with Crippen molar-refractivity contribution >= 4 is 6.08 Å². The zero-order chi connectivity index (χ0) is 25.0. The number of aryl methyl sites for hydroxylation is 7. The maximum absolute atomic E-state index is 12.6. The summed E-state index contributed by atoms with van der Waals surface area (Å²) in [6.45, 7) is 20.0. The van der Waals surface area contributed by atoms with Gasteiger partial charge in [-0.25, -0.2) is 4.57 Å². The summed E-state index contributed by atoms with van der Waals surface area (Å²) in [7, 11) is 0. The molecule has 3 aromatic rings. The van der Waals surface area contributed by atoms with E-state index >= 15 is 0 Å². The number of rotatable bonds is 4. The predicted molar refractivity (Wildman–Crippen MR) is 139 cm³/mol. The van der Waals surface area contributed by atoms with Gasteiger partial charge in [0.05, 0.1) is 6.54 Å². The first-order chi connectivity index (χ1) is 15.8. The van der Waals surface area contributed by atoms with Gasteiger partial charge in [0.15, 0.2) is 5.60 Å². The van der Waals surface area contributed by atoms with Crippen LogP contribution >= 0.6 is 0 Å². The average molecular weight is 459 g/mol. The number of aromatic nitrogens is 3. The summed E-state index contributed by atoms with van der Waals surface area (Å²) in [5.74, 6) is 1.90. The van der Waals surface area contributed by atoms with E-state index in [1.807, 2.05) is 10.8 Å². The Bertz CT molecular complexity index is 1240. The van der Waals surface area contributed by atoms with Crippen LogP contribution < -0.4 is 4.57 Å². The van der Waals surface area contributed by atoms with Gasteiger partial charge in [0.1, 0.15) is 5.69 Å². The molecule has 0 saturated carbocycles. The molecule has 0 fully saturated rings. The van der Waals surface area contributed by atoms with Gasteiger partial charge < -0.3 is 5.11 Å². The van der Waals surface area contributed by atoms with E-state index in [0.717, 1.165) is 36.7 Å². The third-order valence-corrected chi connectivity index (χ3v) is 7.33. The molecule has 34 heavy (non-hydrogen) atoms. The third-order valence-electron chi connectivity index (χ3n) is 7.33. The monoisotopic (exact) mass is 458 g/mol. The molecule has 0 saturated heterocycles. The molecule has 1 unspecified atom stereocenters. The van der Waals surface area contributed by atoms with E-state index in [1.165, 1.54) is 38.9 Å². The van der Waals surface area contributed by atoms with Crippen molar-refractivity contribution in [2.75, 3.05) is 0 Å². The lowest BCUT2D eigenvalue weighted by Crippen LogP contribution is -2.51. The van der Waals surface area contributed by atoms with Gasteiger partial charge in [-0.1, -0.05) is 66.9 Å². The number of benzene rings is 2. The molecule has 0 radical (unpaired) electrons. The largest absolute Gasteiger partial charge is 0.374 e. The van der Waals surface area contributed by atoms with Gasteiger partial charge in [-0.15, -0.1) is 0 Å². The van der Waals surface area contributed by atoms with Crippen LogP contribution in [0.2, 0.25) is 0 Å². The van der Waals surface area contributed by atoms with Crippen molar-refractivity contribution in [1.82, 2.24) is 9.78 Å². The second kappa shape index (κ2) is 8.49. The Morgan fingerprint density at radius 1 is 0.882 bits per heavy atom. The van der Waals surface area contributed by atoms with Crippen LogP contribution in [0.25, 0.3) is 11.8 Å². The van der Waals surface area contributed by atoms with Crippen LogP contribution in [0.3, 0.4) is 0 Å². The van der Waals surface area contributed by atoms with E-state index in [2.05, 4.69) is 97.2 Å². The summed E-state index contributed by atoms with van der Waals surface area (Å²) in [6.07, 6.45) is 6.12. The first kappa shape index (κ1) is 24.4. The number of fused-ring (bicyclic) bond motifs is 1. The quantitative estimate of drug-likeness (QED) is 0.494. The fourth-order valence-electron chi connectivity index (χ4n) is 5.62. The molecule has 1 aliphatic heterocycles. The zero-order valence-electron chi connectivity index (χ0n) is 22.4. The van der Waals surface area contributed by atoms with Crippen LogP contribution in [-0.4, -0.2) is 14.9 Å². The van der Waals surface area contributed by atoms with Crippen LogP contribution in [0, 0.1) is 47.0 Å². The van der Waals surface area contributed by atoms with Crippen molar-refractivity contribution in [3.8, 4) is 5.69 Å². The Morgan fingerprint density at radius 3 is 1.94 bits per heavy atom. The van der Waals surface area contributed by atoms with Gasteiger partial charge in [0.2, 0.25) is 0 Å².